The van der Waals surface area contributed by atoms with Gasteiger partial charge >= 0.3 is 0 Å². The second kappa shape index (κ2) is 6.52. The van der Waals surface area contributed by atoms with Crippen molar-refractivity contribution in [1.82, 2.24) is 26.1 Å². The van der Waals surface area contributed by atoms with Gasteiger partial charge in [-0.25, -0.2) is 10.4 Å². The Kier molecular flexibility index (Phi) is 4.60. The third-order valence-corrected chi connectivity index (χ3v) is 5.09. The van der Waals surface area contributed by atoms with Gasteiger partial charge in [-0.3, -0.25) is 10.2 Å². The van der Waals surface area contributed by atoms with Crippen LogP contribution in [0, 0.1) is 19.8 Å². The lowest BCUT2D eigenvalue weighted by Gasteiger charge is -2.37. The van der Waals surface area contributed by atoms with Gasteiger partial charge in [0.1, 0.15) is 11.9 Å². The molecule has 0 bridgehead atoms. The van der Waals surface area contributed by atoms with Crippen LogP contribution in [0.4, 0.5) is 11.8 Å². The van der Waals surface area contributed by atoms with Gasteiger partial charge in [0, 0.05) is 57.4 Å². The first-order chi connectivity index (χ1) is 11.4. The van der Waals surface area contributed by atoms with Crippen molar-refractivity contribution in [3.63, 3.8) is 0 Å². The Balaban J connectivity index is 1.87. The largest absolute Gasteiger partial charge is 0.358 e. The van der Waals surface area contributed by atoms with E-state index >= 15 is 0 Å². The lowest BCUT2D eigenvalue weighted by molar-refractivity contribution is -0.123. The Hall–Kier alpha value is -1.93. The van der Waals surface area contributed by atoms with Crippen LogP contribution in [0.25, 0.3) is 0 Å². The number of anilines is 2. The van der Waals surface area contributed by atoms with E-state index in [0.29, 0.717) is 6.04 Å². The van der Waals surface area contributed by atoms with E-state index in [2.05, 4.69) is 33.0 Å². The number of nitrogens with zero attached hydrogens (tertiary/aromatic N) is 4. The van der Waals surface area contributed by atoms with Crippen molar-refractivity contribution in [3.8, 4) is 0 Å². The van der Waals surface area contributed by atoms with Gasteiger partial charge < -0.3 is 15.1 Å². The Morgan fingerprint density at radius 3 is 2.71 bits per heavy atom. The molecule has 24 heavy (non-hydrogen) atoms. The summed E-state index contributed by atoms with van der Waals surface area (Å²) in [4.78, 5) is 25.6. The molecule has 0 aliphatic carbocycles. The highest BCUT2D eigenvalue weighted by molar-refractivity contribution is 5.82. The fourth-order valence-electron chi connectivity index (χ4n) is 3.52. The topological polar surface area (TPSA) is 85.4 Å². The zero-order chi connectivity index (χ0) is 17.4. The van der Waals surface area contributed by atoms with Crippen LogP contribution >= 0.6 is 0 Å². The van der Waals surface area contributed by atoms with Crippen molar-refractivity contribution in [2.24, 2.45) is 5.92 Å². The van der Waals surface area contributed by atoms with Crippen LogP contribution in [0.3, 0.4) is 0 Å². The minimum atomic E-state index is -0.209. The number of aromatic nitrogens is 2. The number of hydrazine groups is 1. The highest BCUT2D eigenvalue weighted by Crippen LogP contribution is 2.30. The maximum absolute atomic E-state index is 12.1. The number of carbonyl (C=O) groups is 1. The van der Waals surface area contributed by atoms with E-state index in [9.17, 15) is 4.79 Å². The first kappa shape index (κ1) is 16.9. The Labute approximate surface area is 143 Å². The minimum absolute atomic E-state index is 0.0291. The van der Waals surface area contributed by atoms with E-state index < -0.39 is 0 Å². The van der Waals surface area contributed by atoms with Gasteiger partial charge in [-0.05, 0) is 20.3 Å². The fraction of sp³-hybridized carbons (Fsp3) is 0.688. The van der Waals surface area contributed by atoms with E-state index in [1.165, 1.54) is 0 Å². The van der Waals surface area contributed by atoms with Gasteiger partial charge in [0.25, 0.3) is 0 Å². The Morgan fingerprint density at radius 1 is 1.29 bits per heavy atom. The van der Waals surface area contributed by atoms with Crippen molar-refractivity contribution in [1.29, 1.82) is 0 Å². The zero-order valence-corrected chi connectivity index (χ0v) is 15.1. The molecule has 1 aromatic heterocycles. The summed E-state index contributed by atoms with van der Waals surface area (Å²) in [6.45, 7) is 5.80. The number of piperidine rings is 1. The van der Waals surface area contributed by atoms with E-state index in [0.717, 1.165) is 42.5 Å². The van der Waals surface area contributed by atoms with E-state index in [4.69, 9.17) is 4.98 Å². The van der Waals surface area contributed by atoms with Crippen molar-refractivity contribution < 1.29 is 4.79 Å². The molecule has 2 aliphatic heterocycles. The summed E-state index contributed by atoms with van der Waals surface area (Å²) in [7, 11) is 5.58. The van der Waals surface area contributed by atoms with Crippen LogP contribution in [-0.4, -0.2) is 62.2 Å². The second-order valence-electron chi connectivity index (χ2n) is 6.84. The lowest BCUT2D eigenvalue weighted by atomic mass is 9.88. The van der Waals surface area contributed by atoms with Gasteiger partial charge in [0.15, 0.2) is 0 Å². The fourth-order valence-corrected chi connectivity index (χ4v) is 3.52. The molecule has 1 aromatic rings. The van der Waals surface area contributed by atoms with Crippen molar-refractivity contribution in [2.75, 3.05) is 44.0 Å². The molecule has 3 heterocycles. The molecular weight excluding hydrogens is 306 g/mol. The number of nitrogens with one attached hydrogen (secondary N) is 3. The predicted octanol–water partition coefficient (Wildman–Crippen LogP) is -0.423. The number of likely N-dealkylation sites (N-methyl/N-ethyl adjacent to an activating group) is 1. The number of aryl methyl sites for hydroxylation is 1. The summed E-state index contributed by atoms with van der Waals surface area (Å²) in [6.07, 6.45) is 0.977. The average Bonchev–Trinajstić information content (AvgIpc) is 2.99. The predicted molar refractivity (Wildman–Crippen MR) is 94.1 cm³/mol. The monoisotopic (exact) mass is 333 g/mol. The smallest absolute Gasteiger partial charge is 0.238 e. The molecule has 2 saturated heterocycles. The molecule has 1 amide bonds. The highest BCUT2D eigenvalue weighted by atomic mass is 16.2. The van der Waals surface area contributed by atoms with Crippen LogP contribution in [0.15, 0.2) is 0 Å². The molecule has 8 nitrogen and oxygen atoms in total. The van der Waals surface area contributed by atoms with Gasteiger partial charge in [0.05, 0.1) is 0 Å². The number of hydrogen-bond donors (Lipinski definition) is 3. The molecule has 0 radical (unpaired) electrons. The second-order valence-corrected chi connectivity index (χ2v) is 6.84. The van der Waals surface area contributed by atoms with E-state index in [1.807, 2.05) is 25.9 Å². The van der Waals surface area contributed by atoms with Gasteiger partial charge in [-0.15, -0.1) is 0 Å². The van der Waals surface area contributed by atoms with Gasteiger partial charge in [-0.2, -0.15) is 4.98 Å². The van der Waals surface area contributed by atoms with Crippen LogP contribution in [0.1, 0.15) is 17.7 Å². The van der Waals surface area contributed by atoms with Crippen LogP contribution < -0.4 is 26.0 Å². The summed E-state index contributed by atoms with van der Waals surface area (Å²) in [5.74, 6) is 1.95. The molecule has 3 N–H and O–H groups in total. The molecule has 3 rings (SSSR count). The van der Waals surface area contributed by atoms with E-state index in [1.54, 1.807) is 7.05 Å². The number of amides is 1. The number of fused-ring (bicyclic) bond motifs is 1. The maximum atomic E-state index is 12.1. The van der Waals surface area contributed by atoms with Crippen LogP contribution in [0.5, 0.6) is 0 Å². The molecule has 8 heteroatoms. The quantitative estimate of drug-likeness (QED) is 0.692. The SMILES string of the molecule is CNC(=O)C1NNC2CCN(c3nc(N(C)C)nc(C)c3C)CC21. The van der Waals surface area contributed by atoms with Crippen LogP contribution in [-0.2, 0) is 4.79 Å². The van der Waals surface area contributed by atoms with Crippen molar-refractivity contribution in [3.05, 3.63) is 11.3 Å². The zero-order valence-electron chi connectivity index (χ0n) is 15.1. The van der Waals surface area contributed by atoms with Gasteiger partial charge in [0.2, 0.25) is 11.9 Å². The molecule has 2 fully saturated rings. The number of rotatable bonds is 3. The summed E-state index contributed by atoms with van der Waals surface area (Å²) in [6, 6.07) is 0.111. The Morgan fingerprint density at radius 2 is 2.04 bits per heavy atom. The van der Waals surface area contributed by atoms with E-state index in [-0.39, 0.29) is 17.9 Å². The average molecular weight is 333 g/mol. The third-order valence-electron chi connectivity index (χ3n) is 5.09. The minimum Gasteiger partial charge on any atom is -0.358 e. The normalized spacial score (nSPS) is 26.2. The number of hydrogen-bond acceptors (Lipinski definition) is 7. The first-order valence-corrected chi connectivity index (χ1v) is 8.42. The molecule has 0 saturated carbocycles. The summed E-state index contributed by atoms with van der Waals surface area (Å²) in [5.41, 5.74) is 8.52. The standard InChI is InChI=1S/C16H27N7O/c1-9-10(2)18-16(22(4)5)19-14(9)23-7-6-12-11(8-23)13(21-20-12)15(24)17-3/h11-13,20-21H,6-8H2,1-5H3,(H,17,24). The molecule has 0 aromatic carbocycles. The number of carbonyl (C=O) groups excluding carboxylic acids is 1. The molecule has 132 valence electrons. The molecule has 2 aliphatic rings. The summed E-state index contributed by atoms with van der Waals surface area (Å²) in [5, 5.41) is 2.75. The molecule has 0 spiro atoms. The van der Waals surface area contributed by atoms with Crippen molar-refractivity contribution in [2.45, 2.75) is 32.4 Å². The highest BCUT2D eigenvalue weighted by Gasteiger charge is 2.43. The Bertz CT molecular complexity index is 633. The molecule has 3 atom stereocenters. The third kappa shape index (κ3) is 2.91. The maximum Gasteiger partial charge on any atom is 0.238 e. The first-order valence-electron chi connectivity index (χ1n) is 8.42. The van der Waals surface area contributed by atoms with Crippen LogP contribution in [0.2, 0.25) is 0 Å². The lowest BCUT2D eigenvalue weighted by Crippen LogP contribution is -2.50. The van der Waals surface area contributed by atoms with Crippen molar-refractivity contribution >= 4 is 17.7 Å². The molecular formula is C16H27N7O. The molecule has 3 unspecified atom stereocenters. The van der Waals surface area contributed by atoms with Gasteiger partial charge in [-0.1, -0.05) is 0 Å². The summed E-state index contributed by atoms with van der Waals surface area (Å²) >= 11 is 0. The summed E-state index contributed by atoms with van der Waals surface area (Å²) < 4.78 is 0.